The van der Waals surface area contributed by atoms with E-state index in [1.807, 2.05) is 26.0 Å². The zero-order valence-corrected chi connectivity index (χ0v) is 16.1. The molecule has 0 unspecified atom stereocenters. The molecule has 0 radical (unpaired) electrons. The molecule has 0 spiro atoms. The lowest BCUT2D eigenvalue weighted by molar-refractivity contribution is -0.142. The number of hydrogen-bond donors (Lipinski definition) is 2. The van der Waals surface area contributed by atoms with Gasteiger partial charge in [-0.15, -0.1) is 0 Å². The number of carboxylic acid groups (broad SMARTS) is 1. The molecule has 1 atom stereocenters. The summed E-state index contributed by atoms with van der Waals surface area (Å²) in [5.74, 6) is -1.47. The molecule has 0 saturated carbocycles. The Morgan fingerprint density at radius 3 is 2.12 bits per heavy atom. The number of aliphatic carboxylic acids is 1. The SMILES string of the molecule is CC(C)c1ccc(S(=O)(=O)N2CCC(C(=O)N[C@H](C)C(=O)O)CC2)cc1. The quantitative estimate of drug-likeness (QED) is 0.781. The topological polar surface area (TPSA) is 104 Å². The van der Waals surface area contributed by atoms with Gasteiger partial charge in [0.25, 0.3) is 0 Å². The molecule has 0 bridgehead atoms. The van der Waals surface area contributed by atoms with Crippen LogP contribution in [0.3, 0.4) is 0 Å². The van der Waals surface area contributed by atoms with Crippen LogP contribution in [0.5, 0.6) is 0 Å². The number of carbonyl (C=O) groups excluding carboxylic acids is 1. The summed E-state index contributed by atoms with van der Waals surface area (Å²) in [6.45, 7) is 5.98. The van der Waals surface area contributed by atoms with E-state index in [0.717, 1.165) is 5.56 Å². The van der Waals surface area contributed by atoms with Crippen molar-refractivity contribution in [3.05, 3.63) is 29.8 Å². The van der Waals surface area contributed by atoms with Crippen LogP contribution in [0.2, 0.25) is 0 Å². The van der Waals surface area contributed by atoms with Gasteiger partial charge in [-0.25, -0.2) is 8.42 Å². The van der Waals surface area contributed by atoms with Crippen LogP contribution in [-0.4, -0.2) is 48.8 Å². The number of hydrogen-bond acceptors (Lipinski definition) is 4. The summed E-state index contributed by atoms with van der Waals surface area (Å²) in [7, 11) is -3.58. The van der Waals surface area contributed by atoms with E-state index in [2.05, 4.69) is 5.32 Å². The minimum Gasteiger partial charge on any atom is -0.480 e. The van der Waals surface area contributed by atoms with E-state index in [9.17, 15) is 18.0 Å². The van der Waals surface area contributed by atoms with Crippen molar-refractivity contribution in [3.63, 3.8) is 0 Å². The van der Waals surface area contributed by atoms with Crippen molar-refractivity contribution >= 4 is 21.9 Å². The van der Waals surface area contributed by atoms with Gasteiger partial charge in [0.1, 0.15) is 6.04 Å². The molecule has 1 heterocycles. The summed E-state index contributed by atoms with van der Waals surface area (Å²) >= 11 is 0. The van der Waals surface area contributed by atoms with Crippen LogP contribution in [0, 0.1) is 5.92 Å². The third-order valence-corrected chi connectivity index (χ3v) is 6.65. The highest BCUT2D eigenvalue weighted by molar-refractivity contribution is 7.89. The molecule has 1 amide bonds. The molecule has 0 aliphatic carbocycles. The maximum Gasteiger partial charge on any atom is 0.325 e. The molecule has 1 saturated heterocycles. The zero-order chi connectivity index (χ0) is 19.5. The predicted molar refractivity (Wildman–Crippen MR) is 97.3 cm³/mol. The van der Waals surface area contributed by atoms with Crippen LogP contribution >= 0.6 is 0 Å². The first-order valence-corrected chi connectivity index (χ1v) is 10.2. The normalized spacial score (nSPS) is 17.8. The number of benzene rings is 1. The summed E-state index contributed by atoms with van der Waals surface area (Å²) in [5.41, 5.74) is 1.08. The molecule has 1 aromatic rings. The van der Waals surface area contributed by atoms with Gasteiger partial charge in [-0.1, -0.05) is 26.0 Å². The van der Waals surface area contributed by atoms with Gasteiger partial charge >= 0.3 is 5.97 Å². The Labute approximate surface area is 154 Å². The Balaban J connectivity index is 2.00. The highest BCUT2D eigenvalue weighted by atomic mass is 32.2. The van der Waals surface area contributed by atoms with Gasteiger partial charge in [0.15, 0.2) is 0 Å². The van der Waals surface area contributed by atoms with Crippen molar-refractivity contribution in [3.8, 4) is 0 Å². The van der Waals surface area contributed by atoms with Crippen molar-refractivity contribution in [2.75, 3.05) is 13.1 Å². The summed E-state index contributed by atoms with van der Waals surface area (Å²) in [6.07, 6.45) is 0.753. The Kier molecular flexibility index (Phi) is 6.41. The van der Waals surface area contributed by atoms with E-state index in [-0.39, 0.29) is 29.8 Å². The van der Waals surface area contributed by atoms with Gasteiger partial charge in [0.2, 0.25) is 15.9 Å². The highest BCUT2D eigenvalue weighted by Gasteiger charge is 2.32. The number of piperidine rings is 1. The molecule has 2 N–H and O–H groups in total. The first-order valence-electron chi connectivity index (χ1n) is 8.76. The average molecular weight is 382 g/mol. The van der Waals surface area contributed by atoms with Gasteiger partial charge in [0, 0.05) is 19.0 Å². The van der Waals surface area contributed by atoms with Crippen LogP contribution in [-0.2, 0) is 19.6 Å². The summed E-state index contributed by atoms with van der Waals surface area (Å²) in [6, 6.07) is 5.94. The van der Waals surface area contributed by atoms with E-state index in [1.54, 1.807) is 12.1 Å². The number of nitrogens with one attached hydrogen (secondary N) is 1. The molecule has 7 nitrogen and oxygen atoms in total. The van der Waals surface area contributed by atoms with E-state index >= 15 is 0 Å². The molecule has 8 heteroatoms. The lowest BCUT2D eigenvalue weighted by Gasteiger charge is -2.31. The predicted octanol–water partition coefficient (Wildman–Crippen LogP) is 1.80. The standard InChI is InChI=1S/C18H26N2O5S/c1-12(2)14-4-6-16(7-5-14)26(24,25)20-10-8-15(9-11-20)17(21)19-13(3)18(22)23/h4-7,12-13,15H,8-11H2,1-3H3,(H,19,21)(H,22,23)/t13-/m1/s1. The lowest BCUT2D eigenvalue weighted by atomic mass is 9.97. The first kappa shape index (κ1) is 20.4. The van der Waals surface area contributed by atoms with Crippen molar-refractivity contribution in [2.45, 2.75) is 50.5 Å². The highest BCUT2D eigenvalue weighted by Crippen LogP contribution is 2.25. The van der Waals surface area contributed by atoms with Crippen LogP contribution in [0.1, 0.15) is 45.1 Å². The fraction of sp³-hybridized carbons (Fsp3) is 0.556. The number of carbonyl (C=O) groups is 2. The number of carboxylic acids is 1. The second kappa shape index (κ2) is 8.18. The third kappa shape index (κ3) is 4.62. The molecule has 26 heavy (non-hydrogen) atoms. The summed E-state index contributed by atoms with van der Waals surface area (Å²) in [4.78, 5) is 23.2. The maximum atomic E-state index is 12.8. The van der Waals surface area contributed by atoms with Gasteiger partial charge < -0.3 is 10.4 Å². The molecule has 2 rings (SSSR count). The van der Waals surface area contributed by atoms with Gasteiger partial charge in [-0.3, -0.25) is 9.59 Å². The van der Waals surface area contributed by atoms with Crippen molar-refractivity contribution < 1.29 is 23.1 Å². The number of sulfonamides is 1. The Morgan fingerprint density at radius 1 is 1.12 bits per heavy atom. The van der Waals surface area contributed by atoms with Crippen molar-refractivity contribution in [2.24, 2.45) is 5.92 Å². The Hall–Kier alpha value is -1.93. The smallest absolute Gasteiger partial charge is 0.325 e. The summed E-state index contributed by atoms with van der Waals surface area (Å²) < 4.78 is 26.9. The van der Waals surface area contributed by atoms with E-state index in [0.29, 0.717) is 18.8 Å². The van der Waals surface area contributed by atoms with Crippen molar-refractivity contribution in [1.29, 1.82) is 0 Å². The molecular formula is C18H26N2O5S. The fourth-order valence-corrected chi connectivity index (χ4v) is 4.39. The zero-order valence-electron chi connectivity index (χ0n) is 15.3. The summed E-state index contributed by atoms with van der Waals surface area (Å²) in [5, 5.41) is 11.3. The largest absolute Gasteiger partial charge is 0.480 e. The van der Waals surface area contributed by atoms with Crippen LogP contribution in [0.25, 0.3) is 0 Å². The number of rotatable bonds is 6. The number of nitrogens with zero attached hydrogens (tertiary/aromatic N) is 1. The molecular weight excluding hydrogens is 356 g/mol. The van der Waals surface area contributed by atoms with Crippen LogP contribution in [0.15, 0.2) is 29.2 Å². The molecule has 0 aromatic heterocycles. The van der Waals surface area contributed by atoms with Crippen LogP contribution in [0.4, 0.5) is 0 Å². The number of amides is 1. The van der Waals surface area contributed by atoms with Gasteiger partial charge in [0.05, 0.1) is 4.90 Å². The Morgan fingerprint density at radius 2 is 1.65 bits per heavy atom. The molecule has 1 aromatic carbocycles. The minimum absolute atomic E-state index is 0.244. The minimum atomic E-state index is -3.58. The second-order valence-electron chi connectivity index (χ2n) is 6.97. The molecule has 144 valence electrons. The fourth-order valence-electron chi connectivity index (χ4n) is 2.93. The molecule has 1 aliphatic rings. The second-order valence-corrected chi connectivity index (χ2v) is 8.91. The molecule has 1 aliphatic heterocycles. The lowest BCUT2D eigenvalue weighted by Crippen LogP contribution is -2.46. The monoisotopic (exact) mass is 382 g/mol. The molecule has 1 fully saturated rings. The van der Waals surface area contributed by atoms with Gasteiger partial charge in [-0.2, -0.15) is 4.31 Å². The van der Waals surface area contributed by atoms with E-state index < -0.39 is 22.0 Å². The third-order valence-electron chi connectivity index (χ3n) is 4.74. The Bertz CT molecular complexity index is 750. The maximum absolute atomic E-state index is 12.8. The first-order chi connectivity index (χ1) is 12.1. The average Bonchev–Trinajstić information content (AvgIpc) is 2.61. The van der Waals surface area contributed by atoms with E-state index in [4.69, 9.17) is 5.11 Å². The van der Waals surface area contributed by atoms with Crippen molar-refractivity contribution in [1.82, 2.24) is 9.62 Å². The van der Waals surface area contributed by atoms with Crippen LogP contribution < -0.4 is 5.32 Å². The van der Waals surface area contributed by atoms with Gasteiger partial charge in [-0.05, 0) is 43.4 Å². The van der Waals surface area contributed by atoms with E-state index in [1.165, 1.54) is 11.2 Å².